The van der Waals surface area contributed by atoms with E-state index in [2.05, 4.69) is 19.2 Å². The van der Waals surface area contributed by atoms with Gasteiger partial charge in [0.25, 0.3) is 0 Å². The molecule has 1 aromatic rings. The maximum Gasteiger partial charge on any atom is 0.248 e. The Kier molecular flexibility index (Phi) is 5.49. The standard InChI is InChI=1S/C14H22N2O2/c1-4-6-11(5-2)16-12-9-10(14(15)17)7-8-13(12)18-3/h7-9,11,16H,4-6H2,1-3H3,(H2,15,17). The first kappa shape index (κ1) is 14.4. The van der Waals surface area contributed by atoms with Gasteiger partial charge in [0, 0.05) is 11.6 Å². The molecule has 1 unspecified atom stereocenters. The largest absolute Gasteiger partial charge is 0.495 e. The van der Waals surface area contributed by atoms with Crippen LogP contribution in [0, 0.1) is 0 Å². The fraction of sp³-hybridized carbons (Fsp3) is 0.500. The van der Waals surface area contributed by atoms with Crippen molar-refractivity contribution in [3.05, 3.63) is 23.8 Å². The summed E-state index contributed by atoms with van der Waals surface area (Å²) in [6, 6.07) is 5.57. The third-order valence-corrected chi connectivity index (χ3v) is 2.97. The molecule has 0 aromatic heterocycles. The molecule has 4 nitrogen and oxygen atoms in total. The number of rotatable bonds is 7. The van der Waals surface area contributed by atoms with Crippen LogP contribution in [0.4, 0.5) is 5.69 Å². The zero-order valence-electron chi connectivity index (χ0n) is 11.3. The Morgan fingerprint density at radius 2 is 2.17 bits per heavy atom. The Morgan fingerprint density at radius 3 is 2.67 bits per heavy atom. The van der Waals surface area contributed by atoms with E-state index in [1.807, 2.05) is 0 Å². The van der Waals surface area contributed by atoms with Crippen molar-refractivity contribution < 1.29 is 9.53 Å². The van der Waals surface area contributed by atoms with Crippen LogP contribution in [0.15, 0.2) is 18.2 Å². The quantitative estimate of drug-likeness (QED) is 0.782. The molecule has 0 heterocycles. The summed E-state index contributed by atoms with van der Waals surface area (Å²) in [5, 5.41) is 3.41. The highest BCUT2D eigenvalue weighted by atomic mass is 16.5. The molecular weight excluding hydrogens is 228 g/mol. The summed E-state index contributed by atoms with van der Waals surface area (Å²) in [5.41, 5.74) is 6.61. The van der Waals surface area contributed by atoms with Crippen molar-refractivity contribution in [2.45, 2.75) is 39.2 Å². The first-order valence-corrected chi connectivity index (χ1v) is 6.36. The summed E-state index contributed by atoms with van der Waals surface area (Å²) in [6.07, 6.45) is 3.22. The molecule has 0 aliphatic rings. The van der Waals surface area contributed by atoms with Crippen LogP contribution in [-0.2, 0) is 0 Å². The van der Waals surface area contributed by atoms with E-state index >= 15 is 0 Å². The van der Waals surface area contributed by atoms with E-state index in [0.29, 0.717) is 11.6 Å². The zero-order chi connectivity index (χ0) is 13.5. The maximum atomic E-state index is 11.2. The fourth-order valence-electron chi connectivity index (χ4n) is 1.92. The summed E-state index contributed by atoms with van der Waals surface area (Å²) in [4.78, 5) is 11.2. The third-order valence-electron chi connectivity index (χ3n) is 2.97. The molecule has 1 aromatic carbocycles. The Balaban J connectivity index is 2.96. The summed E-state index contributed by atoms with van der Waals surface area (Å²) in [6.45, 7) is 4.29. The molecule has 18 heavy (non-hydrogen) atoms. The van der Waals surface area contributed by atoms with Gasteiger partial charge in [-0.3, -0.25) is 4.79 Å². The second-order valence-corrected chi connectivity index (χ2v) is 4.32. The summed E-state index contributed by atoms with van der Waals surface area (Å²) in [5.74, 6) is 0.304. The third kappa shape index (κ3) is 3.65. The topological polar surface area (TPSA) is 64.3 Å². The second-order valence-electron chi connectivity index (χ2n) is 4.32. The predicted molar refractivity (Wildman–Crippen MR) is 74.1 cm³/mol. The molecule has 0 radical (unpaired) electrons. The highest BCUT2D eigenvalue weighted by molar-refractivity contribution is 5.94. The molecule has 100 valence electrons. The van der Waals surface area contributed by atoms with E-state index in [4.69, 9.17) is 10.5 Å². The lowest BCUT2D eigenvalue weighted by Crippen LogP contribution is -2.19. The van der Waals surface area contributed by atoms with Gasteiger partial charge in [-0.1, -0.05) is 20.3 Å². The number of nitrogens with two attached hydrogens (primary N) is 1. The molecule has 0 saturated carbocycles. The lowest BCUT2D eigenvalue weighted by Gasteiger charge is -2.19. The van der Waals surface area contributed by atoms with E-state index < -0.39 is 5.91 Å². The van der Waals surface area contributed by atoms with Gasteiger partial charge in [0.15, 0.2) is 0 Å². The van der Waals surface area contributed by atoms with Crippen LogP contribution < -0.4 is 15.8 Å². The first-order valence-electron chi connectivity index (χ1n) is 6.36. The SMILES string of the molecule is CCCC(CC)Nc1cc(C(N)=O)ccc1OC. The molecule has 0 bridgehead atoms. The van der Waals surface area contributed by atoms with Crippen molar-refractivity contribution >= 4 is 11.6 Å². The highest BCUT2D eigenvalue weighted by Crippen LogP contribution is 2.27. The summed E-state index contributed by atoms with van der Waals surface area (Å²) in [7, 11) is 1.62. The van der Waals surface area contributed by atoms with Gasteiger partial charge in [-0.2, -0.15) is 0 Å². The lowest BCUT2D eigenvalue weighted by molar-refractivity contribution is 0.100. The molecule has 0 saturated heterocycles. The van der Waals surface area contributed by atoms with Gasteiger partial charge >= 0.3 is 0 Å². The minimum Gasteiger partial charge on any atom is -0.495 e. The Hall–Kier alpha value is -1.71. The second kappa shape index (κ2) is 6.89. The van der Waals surface area contributed by atoms with E-state index in [-0.39, 0.29) is 0 Å². The van der Waals surface area contributed by atoms with E-state index in [9.17, 15) is 4.79 Å². The number of methoxy groups -OCH3 is 1. The molecule has 0 aliphatic carbocycles. The number of hydrogen-bond donors (Lipinski definition) is 2. The maximum absolute atomic E-state index is 11.2. The Labute approximate surface area is 109 Å². The fourth-order valence-corrected chi connectivity index (χ4v) is 1.92. The van der Waals surface area contributed by atoms with Crippen LogP contribution in [0.3, 0.4) is 0 Å². The summed E-state index contributed by atoms with van der Waals surface area (Å²) < 4.78 is 5.29. The average molecular weight is 250 g/mol. The number of ether oxygens (including phenoxy) is 1. The molecule has 3 N–H and O–H groups in total. The van der Waals surface area contributed by atoms with Gasteiger partial charge in [-0.05, 0) is 31.0 Å². The van der Waals surface area contributed by atoms with Crippen LogP contribution in [0.1, 0.15) is 43.5 Å². The van der Waals surface area contributed by atoms with Crippen LogP contribution >= 0.6 is 0 Å². The number of benzene rings is 1. The number of carbonyl (C=O) groups is 1. The molecule has 0 aliphatic heterocycles. The van der Waals surface area contributed by atoms with E-state index in [0.717, 1.165) is 30.7 Å². The molecule has 1 rings (SSSR count). The number of hydrogen-bond acceptors (Lipinski definition) is 3. The molecule has 4 heteroatoms. The molecular formula is C14H22N2O2. The molecule has 1 amide bonds. The first-order chi connectivity index (χ1) is 8.62. The van der Waals surface area contributed by atoms with Crippen molar-refractivity contribution in [1.82, 2.24) is 0 Å². The van der Waals surface area contributed by atoms with Crippen molar-refractivity contribution in [2.75, 3.05) is 12.4 Å². The highest BCUT2D eigenvalue weighted by Gasteiger charge is 2.11. The minimum absolute atomic E-state index is 0.382. The number of amides is 1. The van der Waals surface area contributed by atoms with E-state index in [1.54, 1.807) is 25.3 Å². The van der Waals surface area contributed by atoms with Crippen LogP contribution in [0.2, 0.25) is 0 Å². The normalized spacial score (nSPS) is 11.9. The Bertz CT molecular complexity index is 405. The van der Waals surface area contributed by atoms with Crippen molar-refractivity contribution in [1.29, 1.82) is 0 Å². The van der Waals surface area contributed by atoms with Crippen molar-refractivity contribution in [2.24, 2.45) is 5.73 Å². The van der Waals surface area contributed by atoms with Crippen molar-refractivity contribution in [3.8, 4) is 5.75 Å². The van der Waals surface area contributed by atoms with Crippen LogP contribution in [-0.4, -0.2) is 19.1 Å². The summed E-state index contributed by atoms with van der Waals surface area (Å²) >= 11 is 0. The number of primary amides is 1. The van der Waals surface area contributed by atoms with Gasteiger partial charge in [-0.25, -0.2) is 0 Å². The lowest BCUT2D eigenvalue weighted by atomic mass is 10.1. The van der Waals surface area contributed by atoms with Crippen LogP contribution in [0.25, 0.3) is 0 Å². The number of nitrogens with one attached hydrogen (secondary N) is 1. The number of anilines is 1. The molecule has 1 atom stereocenters. The van der Waals surface area contributed by atoms with Gasteiger partial charge in [0.05, 0.1) is 12.8 Å². The zero-order valence-corrected chi connectivity index (χ0v) is 11.3. The van der Waals surface area contributed by atoms with Gasteiger partial charge < -0.3 is 15.8 Å². The monoisotopic (exact) mass is 250 g/mol. The number of carbonyl (C=O) groups excluding carboxylic acids is 1. The Morgan fingerprint density at radius 1 is 1.44 bits per heavy atom. The molecule has 0 spiro atoms. The minimum atomic E-state index is -0.427. The average Bonchev–Trinajstić information content (AvgIpc) is 2.37. The van der Waals surface area contributed by atoms with Crippen LogP contribution in [0.5, 0.6) is 5.75 Å². The smallest absolute Gasteiger partial charge is 0.248 e. The molecule has 0 fully saturated rings. The predicted octanol–water partition coefficient (Wildman–Crippen LogP) is 2.78. The van der Waals surface area contributed by atoms with E-state index in [1.165, 1.54) is 0 Å². The van der Waals surface area contributed by atoms with Gasteiger partial charge in [-0.15, -0.1) is 0 Å². The van der Waals surface area contributed by atoms with Gasteiger partial charge in [0.2, 0.25) is 5.91 Å². The van der Waals surface area contributed by atoms with Crippen molar-refractivity contribution in [3.63, 3.8) is 0 Å². The van der Waals surface area contributed by atoms with Gasteiger partial charge in [0.1, 0.15) is 5.75 Å².